The van der Waals surface area contributed by atoms with E-state index in [-0.39, 0.29) is 25.3 Å². The number of benzene rings is 1. The normalized spacial score (nSPS) is 15.0. The molecule has 1 aliphatic heterocycles. The van der Waals surface area contributed by atoms with Crippen LogP contribution in [0, 0.1) is 0 Å². The number of hydrogen-bond donors (Lipinski definition) is 3. The van der Waals surface area contributed by atoms with Gasteiger partial charge in [-0.15, -0.1) is 0 Å². The Morgan fingerprint density at radius 3 is 2.65 bits per heavy atom. The number of rotatable bonds is 5. The van der Waals surface area contributed by atoms with Crippen molar-refractivity contribution in [2.45, 2.75) is 25.4 Å². The molecule has 0 radical (unpaired) electrons. The number of nitrogens with two attached hydrogens (primary N) is 2. The summed E-state index contributed by atoms with van der Waals surface area (Å²) in [5, 5.41) is 9.24. The van der Waals surface area contributed by atoms with Crippen LogP contribution in [0.5, 0.6) is 0 Å². The summed E-state index contributed by atoms with van der Waals surface area (Å²) < 4.78 is 0. The molecule has 0 unspecified atom stereocenters. The molecule has 0 saturated carbocycles. The van der Waals surface area contributed by atoms with Crippen molar-refractivity contribution in [2.75, 3.05) is 5.73 Å². The smallest absolute Gasteiger partial charge is 0.326 e. The van der Waals surface area contributed by atoms with Crippen LogP contribution < -0.4 is 11.5 Å². The number of carbonyl (C=O) groups excluding carboxylic acids is 2. The highest BCUT2D eigenvalue weighted by Gasteiger charge is 2.37. The lowest BCUT2D eigenvalue weighted by Gasteiger charge is -2.23. The first-order chi connectivity index (χ1) is 9.41. The molecule has 1 aliphatic rings. The van der Waals surface area contributed by atoms with Gasteiger partial charge in [0.2, 0.25) is 5.91 Å². The number of nitrogen functional groups attached to an aromatic ring is 1. The molecule has 5 N–H and O–H groups in total. The molecule has 2 rings (SSSR count). The lowest BCUT2D eigenvalue weighted by atomic mass is 10.1. The molecule has 7 heteroatoms. The van der Waals surface area contributed by atoms with E-state index in [1.54, 1.807) is 18.2 Å². The second-order valence-corrected chi connectivity index (χ2v) is 4.67. The number of amides is 2. The zero-order valence-corrected chi connectivity index (χ0v) is 10.7. The topological polar surface area (TPSA) is 127 Å². The molecule has 1 heterocycles. The number of anilines is 1. The minimum Gasteiger partial charge on any atom is -0.480 e. The standard InChI is InChI=1S/C13H15N3O4/c14-9-3-1-2-7-8(9)6-16(12(7)18)10(13(19)20)4-5-11(15)17/h1-3,10H,4-6,14H2,(H2,15,17)(H,19,20)/t10-/m0/s1. The van der Waals surface area contributed by atoms with Crippen molar-refractivity contribution in [2.24, 2.45) is 5.73 Å². The zero-order valence-electron chi connectivity index (χ0n) is 10.7. The lowest BCUT2D eigenvalue weighted by molar-refractivity contribution is -0.142. The molecular weight excluding hydrogens is 262 g/mol. The molecule has 2 amide bonds. The Morgan fingerprint density at radius 2 is 2.10 bits per heavy atom. The first-order valence-corrected chi connectivity index (χ1v) is 6.11. The first kappa shape index (κ1) is 13.9. The van der Waals surface area contributed by atoms with E-state index in [2.05, 4.69) is 0 Å². The Kier molecular flexibility index (Phi) is 3.60. The summed E-state index contributed by atoms with van der Waals surface area (Å²) in [6.07, 6.45) is -0.100. The Morgan fingerprint density at radius 1 is 1.40 bits per heavy atom. The molecule has 1 aromatic rings. The number of aliphatic carboxylic acids is 1. The van der Waals surface area contributed by atoms with Gasteiger partial charge in [0.1, 0.15) is 6.04 Å². The Labute approximate surface area is 115 Å². The molecule has 1 aromatic carbocycles. The van der Waals surface area contributed by atoms with Crippen LogP contribution in [0.4, 0.5) is 5.69 Å². The van der Waals surface area contributed by atoms with Crippen LogP contribution in [0.2, 0.25) is 0 Å². The highest BCUT2D eigenvalue weighted by molar-refractivity contribution is 6.01. The van der Waals surface area contributed by atoms with E-state index in [1.165, 1.54) is 4.90 Å². The Hall–Kier alpha value is -2.57. The summed E-state index contributed by atoms with van der Waals surface area (Å²) in [6.45, 7) is 0.135. The monoisotopic (exact) mass is 277 g/mol. The van der Waals surface area contributed by atoms with Crippen molar-refractivity contribution in [1.82, 2.24) is 4.90 Å². The van der Waals surface area contributed by atoms with Gasteiger partial charge in [-0.3, -0.25) is 9.59 Å². The van der Waals surface area contributed by atoms with Crippen molar-refractivity contribution < 1.29 is 19.5 Å². The average Bonchev–Trinajstić information content (AvgIpc) is 2.69. The number of carbonyl (C=O) groups is 3. The van der Waals surface area contributed by atoms with Crippen molar-refractivity contribution in [3.63, 3.8) is 0 Å². The summed E-state index contributed by atoms with van der Waals surface area (Å²) >= 11 is 0. The van der Waals surface area contributed by atoms with E-state index in [0.717, 1.165) is 0 Å². The predicted octanol–water partition coefficient (Wildman–Crippen LogP) is -0.0567. The van der Waals surface area contributed by atoms with Gasteiger partial charge in [0.15, 0.2) is 0 Å². The van der Waals surface area contributed by atoms with E-state index in [0.29, 0.717) is 16.8 Å². The number of carboxylic acid groups (broad SMARTS) is 1. The van der Waals surface area contributed by atoms with Crippen molar-refractivity contribution in [3.8, 4) is 0 Å². The van der Waals surface area contributed by atoms with E-state index in [4.69, 9.17) is 11.5 Å². The average molecular weight is 277 g/mol. The largest absolute Gasteiger partial charge is 0.480 e. The molecule has 0 aromatic heterocycles. The lowest BCUT2D eigenvalue weighted by Crippen LogP contribution is -2.42. The highest BCUT2D eigenvalue weighted by atomic mass is 16.4. The van der Waals surface area contributed by atoms with Crippen LogP contribution in [0.3, 0.4) is 0 Å². The van der Waals surface area contributed by atoms with E-state index in [1.807, 2.05) is 0 Å². The third-order valence-electron chi connectivity index (χ3n) is 3.36. The van der Waals surface area contributed by atoms with Gasteiger partial charge < -0.3 is 21.5 Å². The summed E-state index contributed by atoms with van der Waals surface area (Å²) in [6, 6.07) is 3.84. The predicted molar refractivity (Wildman–Crippen MR) is 70.6 cm³/mol. The van der Waals surface area contributed by atoms with Gasteiger partial charge in [-0.05, 0) is 18.6 Å². The maximum atomic E-state index is 12.2. The van der Waals surface area contributed by atoms with Crippen LogP contribution in [0.1, 0.15) is 28.8 Å². The fourth-order valence-corrected chi connectivity index (χ4v) is 2.32. The van der Waals surface area contributed by atoms with Gasteiger partial charge in [-0.25, -0.2) is 4.79 Å². The van der Waals surface area contributed by atoms with E-state index < -0.39 is 17.9 Å². The number of hydrogen-bond acceptors (Lipinski definition) is 4. The second kappa shape index (κ2) is 5.20. The minimum atomic E-state index is -1.16. The molecule has 0 spiro atoms. The molecule has 0 fully saturated rings. The maximum absolute atomic E-state index is 12.2. The van der Waals surface area contributed by atoms with Crippen molar-refractivity contribution >= 4 is 23.5 Å². The van der Waals surface area contributed by atoms with Gasteiger partial charge in [0.25, 0.3) is 5.91 Å². The summed E-state index contributed by atoms with van der Waals surface area (Å²) in [7, 11) is 0. The first-order valence-electron chi connectivity index (χ1n) is 6.11. The number of fused-ring (bicyclic) bond motifs is 1. The molecule has 7 nitrogen and oxygen atoms in total. The second-order valence-electron chi connectivity index (χ2n) is 4.67. The molecule has 20 heavy (non-hydrogen) atoms. The number of nitrogens with zero attached hydrogens (tertiary/aromatic N) is 1. The van der Waals surface area contributed by atoms with Gasteiger partial charge in [-0.1, -0.05) is 6.07 Å². The van der Waals surface area contributed by atoms with Crippen LogP contribution in [-0.4, -0.2) is 33.8 Å². The molecular formula is C13H15N3O4. The molecule has 0 saturated heterocycles. The SMILES string of the molecule is NC(=O)CC[C@@H](C(=O)O)N1Cc2c(N)cccc2C1=O. The maximum Gasteiger partial charge on any atom is 0.326 e. The third kappa shape index (κ3) is 2.42. The van der Waals surface area contributed by atoms with Crippen LogP contribution in [0.25, 0.3) is 0 Å². The highest BCUT2D eigenvalue weighted by Crippen LogP contribution is 2.29. The summed E-state index contributed by atoms with van der Waals surface area (Å²) in [4.78, 5) is 35.5. The van der Waals surface area contributed by atoms with Gasteiger partial charge in [0.05, 0.1) is 0 Å². The Bertz CT molecular complexity index is 585. The number of primary amides is 1. The van der Waals surface area contributed by atoms with Crippen molar-refractivity contribution in [1.29, 1.82) is 0 Å². The van der Waals surface area contributed by atoms with E-state index in [9.17, 15) is 19.5 Å². The van der Waals surface area contributed by atoms with Gasteiger partial charge >= 0.3 is 5.97 Å². The number of carboxylic acids is 1. The fraction of sp³-hybridized carbons (Fsp3) is 0.308. The van der Waals surface area contributed by atoms with Gasteiger partial charge in [0, 0.05) is 29.8 Å². The van der Waals surface area contributed by atoms with E-state index >= 15 is 0 Å². The quantitative estimate of drug-likeness (QED) is 0.650. The van der Waals surface area contributed by atoms with Crippen LogP contribution in [-0.2, 0) is 16.1 Å². The van der Waals surface area contributed by atoms with Crippen LogP contribution in [0.15, 0.2) is 18.2 Å². The Balaban J connectivity index is 2.25. The molecule has 0 aliphatic carbocycles. The molecule has 1 atom stereocenters. The van der Waals surface area contributed by atoms with Crippen molar-refractivity contribution in [3.05, 3.63) is 29.3 Å². The summed E-state index contributed by atoms with van der Waals surface area (Å²) in [5.74, 6) is -2.14. The summed E-state index contributed by atoms with van der Waals surface area (Å²) in [5.41, 5.74) is 12.3. The minimum absolute atomic E-state index is 0.00962. The molecule has 106 valence electrons. The third-order valence-corrected chi connectivity index (χ3v) is 3.36. The van der Waals surface area contributed by atoms with Gasteiger partial charge in [-0.2, -0.15) is 0 Å². The fourth-order valence-electron chi connectivity index (χ4n) is 2.32. The van der Waals surface area contributed by atoms with Crippen LogP contribution >= 0.6 is 0 Å². The zero-order chi connectivity index (χ0) is 14.9. The molecule has 0 bridgehead atoms.